The summed E-state index contributed by atoms with van der Waals surface area (Å²) in [5, 5.41) is 0. The van der Waals surface area contributed by atoms with Crippen LogP contribution in [0.2, 0.25) is 0 Å². The van der Waals surface area contributed by atoms with E-state index in [4.69, 9.17) is 4.74 Å². The summed E-state index contributed by atoms with van der Waals surface area (Å²) in [5.74, 6) is 0.846. The van der Waals surface area contributed by atoms with Crippen LogP contribution in [0.1, 0.15) is 5.56 Å². The van der Waals surface area contributed by atoms with Crippen molar-refractivity contribution in [2.45, 2.75) is 6.92 Å². The summed E-state index contributed by atoms with van der Waals surface area (Å²) in [5.41, 5.74) is 5.45. The Morgan fingerprint density at radius 1 is 0.857 bits per heavy atom. The van der Waals surface area contributed by atoms with E-state index in [1.165, 1.54) is 0 Å². The Hall–Kier alpha value is -2.61. The molecule has 2 nitrogen and oxygen atoms in total. The van der Waals surface area contributed by atoms with Crippen LogP contribution in [0.15, 0.2) is 66.9 Å². The molecular weight excluding hydrogens is 258 g/mol. The van der Waals surface area contributed by atoms with Gasteiger partial charge in [0.05, 0.1) is 18.4 Å². The number of aryl methyl sites for hydroxylation is 1. The standard InChI is InChI=1S/C19H17NO/c1-14-8-7-13-20-19(14)18-16(11-6-12-17(18)21-2)15-9-4-3-5-10-15/h3-13H,1-2H3. The van der Waals surface area contributed by atoms with E-state index >= 15 is 0 Å². The molecule has 21 heavy (non-hydrogen) atoms. The highest BCUT2D eigenvalue weighted by molar-refractivity contribution is 5.87. The van der Waals surface area contributed by atoms with Crippen LogP contribution in [0.4, 0.5) is 0 Å². The monoisotopic (exact) mass is 275 g/mol. The molecule has 104 valence electrons. The number of nitrogens with zero attached hydrogens (tertiary/aromatic N) is 1. The number of aromatic nitrogens is 1. The molecule has 1 heterocycles. The van der Waals surface area contributed by atoms with Crippen molar-refractivity contribution in [3.8, 4) is 28.1 Å². The molecule has 0 radical (unpaired) electrons. The zero-order chi connectivity index (χ0) is 14.7. The summed E-state index contributed by atoms with van der Waals surface area (Å²) < 4.78 is 5.58. The van der Waals surface area contributed by atoms with Crippen molar-refractivity contribution in [3.63, 3.8) is 0 Å². The third-order valence-electron chi connectivity index (χ3n) is 3.58. The predicted molar refractivity (Wildman–Crippen MR) is 86.4 cm³/mol. The number of pyridine rings is 1. The summed E-state index contributed by atoms with van der Waals surface area (Å²) in [7, 11) is 1.70. The largest absolute Gasteiger partial charge is 0.496 e. The molecular formula is C19H17NO. The molecule has 0 bridgehead atoms. The van der Waals surface area contributed by atoms with E-state index in [1.54, 1.807) is 7.11 Å². The predicted octanol–water partition coefficient (Wildman–Crippen LogP) is 4.73. The minimum Gasteiger partial charge on any atom is -0.496 e. The van der Waals surface area contributed by atoms with E-state index in [0.29, 0.717) is 0 Å². The molecule has 0 unspecified atom stereocenters. The van der Waals surface area contributed by atoms with Crippen LogP contribution in [-0.4, -0.2) is 12.1 Å². The molecule has 2 aromatic carbocycles. The van der Waals surface area contributed by atoms with E-state index in [9.17, 15) is 0 Å². The molecule has 0 saturated heterocycles. The van der Waals surface area contributed by atoms with Gasteiger partial charge in [-0.25, -0.2) is 0 Å². The van der Waals surface area contributed by atoms with Gasteiger partial charge in [-0.1, -0.05) is 48.5 Å². The molecule has 3 rings (SSSR count). The first-order valence-electron chi connectivity index (χ1n) is 6.95. The number of hydrogen-bond donors (Lipinski definition) is 0. The first-order valence-corrected chi connectivity index (χ1v) is 6.95. The van der Waals surface area contributed by atoms with Gasteiger partial charge in [0.2, 0.25) is 0 Å². The fourth-order valence-corrected chi connectivity index (χ4v) is 2.55. The fraction of sp³-hybridized carbons (Fsp3) is 0.105. The lowest BCUT2D eigenvalue weighted by molar-refractivity contribution is 0.416. The van der Waals surface area contributed by atoms with Gasteiger partial charge in [0.15, 0.2) is 0 Å². The summed E-state index contributed by atoms with van der Waals surface area (Å²) in [4.78, 5) is 4.56. The van der Waals surface area contributed by atoms with Crippen molar-refractivity contribution in [1.29, 1.82) is 0 Å². The second-order valence-electron chi connectivity index (χ2n) is 4.92. The Kier molecular flexibility index (Phi) is 3.69. The highest BCUT2D eigenvalue weighted by Crippen LogP contribution is 2.39. The minimum atomic E-state index is 0.846. The fourth-order valence-electron chi connectivity index (χ4n) is 2.55. The van der Waals surface area contributed by atoms with Gasteiger partial charge in [-0.15, -0.1) is 0 Å². The van der Waals surface area contributed by atoms with Crippen molar-refractivity contribution in [2.24, 2.45) is 0 Å². The van der Waals surface area contributed by atoms with Crippen LogP contribution >= 0.6 is 0 Å². The van der Waals surface area contributed by atoms with Crippen LogP contribution in [0.5, 0.6) is 5.75 Å². The topological polar surface area (TPSA) is 22.1 Å². The molecule has 0 N–H and O–H groups in total. The molecule has 0 spiro atoms. The second-order valence-corrected chi connectivity index (χ2v) is 4.92. The molecule has 0 aliphatic carbocycles. The van der Waals surface area contributed by atoms with Crippen molar-refractivity contribution in [1.82, 2.24) is 4.98 Å². The van der Waals surface area contributed by atoms with Gasteiger partial charge in [0.25, 0.3) is 0 Å². The van der Waals surface area contributed by atoms with Gasteiger partial charge < -0.3 is 4.74 Å². The average molecular weight is 275 g/mol. The minimum absolute atomic E-state index is 0.846. The van der Waals surface area contributed by atoms with E-state index in [-0.39, 0.29) is 0 Å². The first kappa shape index (κ1) is 13.4. The van der Waals surface area contributed by atoms with Crippen LogP contribution in [0.3, 0.4) is 0 Å². The molecule has 1 aromatic heterocycles. The first-order chi connectivity index (χ1) is 10.3. The number of rotatable bonds is 3. The highest BCUT2D eigenvalue weighted by atomic mass is 16.5. The van der Waals surface area contributed by atoms with Crippen LogP contribution < -0.4 is 4.74 Å². The smallest absolute Gasteiger partial charge is 0.128 e. The van der Waals surface area contributed by atoms with Crippen molar-refractivity contribution >= 4 is 0 Å². The van der Waals surface area contributed by atoms with Crippen molar-refractivity contribution in [2.75, 3.05) is 7.11 Å². The van der Waals surface area contributed by atoms with Gasteiger partial charge >= 0.3 is 0 Å². The molecule has 0 amide bonds. The lowest BCUT2D eigenvalue weighted by Crippen LogP contribution is -1.95. The summed E-state index contributed by atoms with van der Waals surface area (Å²) in [6, 6.07) is 20.5. The molecule has 3 aromatic rings. The Morgan fingerprint density at radius 2 is 1.67 bits per heavy atom. The van der Waals surface area contributed by atoms with Crippen molar-refractivity contribution < 1.29 is 4.74 Å². The second kappa shape index (κ2) is 5.80. The average Bonchev–Trinajstić information content (AvgIpc) is 2.55. The Morgan fingerprint density at radius 3 is 2.38 bits per heavy atom. The zero-order valence-electron chi connectivity index (χ0n) is 12.2. The van der Waals surface area contributed by atoms with Gasteiger partial charge in [-0.3, -0.25) is 4.98 Å². The van der Waals surface area contributed by atoms with E-state index in [0.717, 1.165) is 33.7 Å². The summed E-state index contributed by atoms with van der Waals surface area (Å²) >= 11 is 0. The normalized spacial score (nSPS) is 10.4. The van der Waals surface area contributed by atoms with Crippen LogP contribution in [-0.2, 0) is 0 Å². The van der Waals surface area contributed by atoms with Crippen LogP contribution in [0.25, 0.3) is 22.4 Å². The lowest BCUT2D eigenvalue weighted by Gasteiger charge is -2.15. The number of hydrogen-bond acceptors (Lipinski definition) is 2. The van der Waals surface area contributed by atoms with Crippen molar-refractivity contribution in [3.05, 3.63) is 72.4 Å². The molecule has 0 saturated carbocycles. The SMILES string of the molecule is COc1cccc(-c2ccccc2)c1-c1ncccc1C. The molecule has 2 heteroatoms. The summed E-state index contributed by atoms with van der Waals surface area (Å²) in [6.07, 6.45) is 1.82. The Bertz CT molecular complexity index is 751. The lowest BCUT2D eigenvalue weighted by atomic mass is 9.94. The van der Waals surface area contributed by atoms with Gasteiger partial charge in [0, 0.05) is 6.20 Å². The third kappa shape index (κ3) is 2.52. The molecule has 0 atom stereocenters. The Balaban J connectivity index is 2.30. The van der Waals surface area contributed by atoms with E-state index in [1.807, 2.05) is 42.6 Å². The van der Waals surface area contributed by atoms with E-state index < -0.39 is 0 Å². The van der Waals surface area contributed by atoms with Gasteiger partial charge in [0.1, 0.15) is 5.75 Å². The summed E-state index contributed by atoms with van der Waals surface area (Å²) in [6.45, 7) is 2.07. The molecule has 0 aliphatic heterocycles. The van der Waals surface area contributed by atoms with Gasteiger partial charge in [-0.05, 0) is 35.7 Å². The zero-order valence-corrected chi connectivity index (χ0v) is 12.2. The number of benzene rings is 2. The number of ether oxygens (including phenoxy) is 1. The molecule has 0 fully saturated rings. The molecule has 0 aliphatic rings. The quantitative estimate of drug-likeness (QED) is 0.689. The van der Waals surface area contributed by atoms with Gasteiger partial charge in [-0.2, -0.15) is 0 Å². The third-order valence-corrected chi connectivity index (χ3v) is 3.58. The Labute approximate surface area is 125 Å². The van der Waals surface area contributed by atoms with E-state index in [2.05, 4.69) is 36.2 Å². The maximum absolute atomic E-state index is 5.58. The highest BCUT2D eigenvalue weighted by Gasteiger charge is 2.15. The number of methoxy groups -OCH3 is 1. The maximum atomic E-state index is 5.58. The van der Waals surface area contributed by atoms with Crippen LogP contribution in [0, 0.1) is 6.92 Å². The maximum Gasteiger partial charge on any atom is 0.128 e.